The van der Waals surface area contributed by atoms with Gasteiger partial charge in [-0.2, -0.15) is 0 Å². The van der Waals surface area contributed by atoms with Crippen molar-refractivity contribution in [2.75, 3.05) is 13.1 Å². The van der Waals surface area contributed by atoms with Gasteiger partial charge in [-0.1, -0.05) is 37.3 Å². The molecule has 0 saturated heterocycles. The standard InChI is InChI=1S/C19H23FN2O3S/c1-2-15(16-6-4-3-5-7-16)14-21-19(23)12-13-22-26(24,25)18-10-8-17(20)9-11-18/h3-11,15,22H,2,12-14H2,1H3,(H,21,23). The lowest BCUT2D eigenvalue weighted by atomic mass is 9.96. The van der Waals surface area contributed by atoms with Gasteiger partial charge in [0.15, 0.2) is 0 Å². The zero-order chi connectivity index (χ0) is 19.0. The zero-order valence-electron chi connectivity index (χ0n) is 14.6. The molecule has 0 aromatic heterocycles. The number of hydrogen-bond acceptors (Lipinski definition) is 3. The molecular formula is C19H23FN2O3S. The lowest BCUT2D eigenvalue weighted by molar-refractivity contribution is -0.121. The van der Waals surface area contributed by atoms with Crippen molar-refractivity contribution < 1.29 is 17.6 Å². The van der Waals surface area contributed by atoms with Gasteiger partial charge in [0.25, 0.3) is 0 Å². The molecule has 2 rings (SSSR count). The highest BCUT2D eigenvalue weighted by Gasteiger charge is 2.15. The quantitative estimate of drug-likeness (QED) is 0.705. The molecule has 7 heteroatoms. The van der Waals surface area contributed by atoms with Crippen molar-refractivity contribution in [2.24, 2.45) is 0 Å². The van der Waals surface area contributed by atoms with E-state index >= 15 is 0 Å². The first kappa shape index (κ1) is 20.1. The molecule has 1 unspecified atom stereocenters. The van der Waals surface area contributed by atoms with Crippen LogP contribution in [0.4, 0.5) is 4.39 Å². The smallest absolute Gasteiger partial charge is 0.240 e. The SMILES string of the molecule is CCC(CNC(=O)CCNS(=O)(=O)c1ccc(F)cc1)c1ccccc1. The van der Waals surface area contributed by atoms with Crippen LogP contribution in [0.3, 0.4) is 0 Å². The molecule has 2 aromatic rings. The van der Waals surface area contributed by atoms with Crippen LogP contribution in [0.1, 0.15) is 31.2 Å². The first-order valence-corrected chi connectivity index (χ1v) is 9.97. The number of carbonyl (C=O) groups is 1. The van der Waals surface area contributed by atoms with Gasteiger partial charge in [-0.15, -0.1) is 0 Å². The fourth-order valence-electron chi connectivity index (χ4n) is 2.54. The number of halogens is 1. The summed E-state index contributed by atoms with van der Waals surface area (Å²) in [7, 11) is -3.75. The Balaban J connectivity index is 1.79. The Kier molecular flexibility index (Phi) is 7.29. The molecule has 0 aliphatic carbocycles. The summed E-state index contributed by atoms with van der Waals surface area (Å²) >= 11 is 0. The van der Waals surface area contributed by atoms with Crippen molar-refractivity contribution in [3.63, 3.8) is 0 Å². The maximum Gasteiger partial charge on any atom is 0.240 e. The van der Waals surface area contributed by atoms with Gasteiger partial charge in [0.1, 0.15) is 5.82 Å². The van der Waals surface area contributed by atoms with E-state index in [2.05, 4.69) is 17.0 Å². The lowest BCUT2D eigenvalue weighted by Crippen LogP contribution is -2.32. The number of sulfonamides is 1. The topological polar surface area (TPSA) is 75.3 Å². The van der Waals surface area contributed by atoms with Gasteiger partial charge in [-0.05, 0) is 36.2 Å². The Hall–Kier alpha value is -2.25. The fourth-order valence-corrected chi connectivity index (χ4v) is 3.58. The van der Waals surface area contributed by atoms with Crippen LogP contribution in [0.2, 0.25) is 0 Å². The Morgan fingerprint density at radius 3 is 2.35 bits per heavy atom. The van der Waals surface area contributed by atoms with E-state index in [1.165, 1.54) is 12.1 Å². The van der Waals surface area contributed by atoms with Gasteiger partial charge < -0.3 is 5.32 Å². The maximum absolute atomic E-state index is 12.9. The van der Waals surface area contributed by atoms with Crippen LogP contribution in [0.5, 0.6) is 0 Å². The number of amides is 1. The van der Waals surface area contributed by atoms with E-state index < -0.39 is 15.8 Å². The van der Waals surface area contributed by atoms with Crippen molar-refractivity contribution in [3.05, 3.63) is 66.0 Å². The van der Waals surface area contributed by atoms with Crippen LogP contribution in [0, 0.1) is 5.82 Å². The summed E-state index contributed by atoms with van der Waals surface area (Å²) in [5.74, 6) is -0.510. The molecule has 0 spiro atoms. The van der Waals surface area contributed by atoms with Crippen LogP contribution < -0.4 is 10.0 Å². The van der Waals surface area contributed by atoms with E-state index in [4.69, 9.17) is 0 Å². The Morgan fingerprint density at radius 1 is 1.08 bits per heavy atom. The minimum atomic E-state index is -3.75. The third-order valence-corrected chi connectivity index (χ3v) is 5.55. The highest BCUT2D eigenvalue weighted by atomic mass is 32.2. The predicted molar refractivity (Wildman–Crippen MR) is 98.7 cm³/mol. The van der Waals surface area contributed by atoms with Crippen LogP contribution in [0.15, 0.2) is 59.5 Å². The van der Waals surface area contributed by atoms with Gasteiger partial charge in [0.05, 0.1) is 4.90 Å². The number of benzene rings is 2. The van der Waals surface area contributed by atoms with Crippen molar-refractivity contribution >= 4 is 15.9 Å². The molecule has 1 atom stereocenters. The van der Waals surface area contributed by atoms with Crippen molar-refractivity contribution in [1.29, 1.82) is 0 Å². The summed E-state index contributed by atoms with van der Waals surface area (Å²) in [5, 5.41) is 2.84. The van der Waals surface area contributed by atoms with E-state index in [1.807, 2.05) is 30.3 Å². The van der Waals surface area contributed by atoms with Gasteiger partial charge in [-0.3, -0.25) is 4.79 Å². The summed E-state index contributed by atoms with van der Waals surface area (Å²) in [6.07, 6.45) is 0.924. The van der Waals surface area contributed by atoms with Gasteiger partial charge >= 0.3 is 0 Å². The molecular weight excluding hydrogens is 355 g/mol. The van der Waals surface area contributed by atoms with Crippen LogP contribution in [0.25, 0.3) is 0 Å². The molecule has 26 heavy (non-hydrogen) atoms. The molecule has 0 bridgehead atoms. The minimum Gasteiger partial charge on any atom is -0.355 e. The second kappa shape index (κ2) is 9.45. The monoisotopic (exact) mass is 378 g/mol. The molecule has 2 aromatic carbocycles. The van der Waals surface area contributed by atoms with Crippen molar-refractivity contribution in [3.8, 4) is 0 Å². The molecule has 140 valence electrons. The number of hydrogen-bond donors (Lipinski definition) is 2. The summed E-state index contributed by atoms with van der Waals surface area (Å²) < 4.78 is 39.3. The first-order chi connectivity index (χ1) is 12.4. The summed E-state index contributed by atoms with van der Waals surface area (Å²) in [6.45, 7) is 2.54. The molecule has 1 amide bonds. The molecule has 0 heterocycles. The molecule has 0 aliphatic heterocycles. The highest BCUT2D eigenvalue weighted by molar-refractivity contribution is 7.89. The van der Waals surface area contributed by atoms with Gasteiger partial charge in [0.2, 0.25) is 15.9 Å². The lowest BCUT2D eigenvalue weighted by Gasteiger charge is -2.16. The third-order valence-electron chi connectivity index (χ3n) is 4.08. The normalized spacial score (nSPS) is 12.5. The maximum atomic E-state index is 12.9. The summed E-state index contributed by atoms with van der Waals surface area (Å²) in [5.41, 5.74) is 1.16. The predicted octanol–water partition coefficient (Wildman–Crippen LogP) is 2.80. The molecule has 5 nitrogen and oxygen atoms in total. The molecule has 0 saturated carbocycles. The van der Waals surface area contributed by atoms with E-state index in [1.54, 1.807) is 0 Å². The average Bonchev–Trinajstić information content (AvgIpc) is 2.63. The van der Waals surface area contributed by atoms with Crippen molar-refractivity contribution in [2.45, 2.75) is 30.6 Å². The Labute approximate surface area is 153 Å². The van der Waals surface area contributed by atoms with E-state index in [0.29, 0.717) is 6.54 Å². The number of carbonyl (C=O) groups excluding carboxylic acids is 1. The van der Waals surface area contributed by atoms with Gasteiger partial charge in [0, 0.05) is 25.4 Å². The van der Waals surface area contributed by atoms with Crippen LogP contribution in [-0.2, 0) is 14.8 Å². The zero-order valence-corrected chi connectivity index (χ0v) is 15.4. The summed E-state index contributed by atoms with van der Waals surface area (Å²) in [6, 6.07) is 14.4. The largest absolute Gasteiger partial charge is 0.355 e. The van der Waals surface area contributed by atoms with E-state index in [-0.39, 0.29) is 29.7 Å². The van der Waals surface area contributed by atoms with E-state index in [9.17, 15) is 17.6 Å². The minimum absolute atomic E-state index is 0.0202. The second-order valence-corrected chi connectivity index (χ2v) is 7.69. The molecule has 0 aliphatic rings. The second-order valence-electron chi connectivity index (χ2n) is 5.92. The Morgan fingerprint density at radius 2 is 1.73 bits per heavy atom. The van der Waals surface area contributed by atoms with Crippen LogP contribution in [-0.4, -0.2) is 27.4 Å². The average molecular weight is 378 g/mol. The summed E-state index contributed by atoms with van der Waals surface area (Å²) in [4.78, 5) is 11.9. The first-order valence-electron chi connectivity index (χ1n) is 8.49. The molecule has 2 N–H and O–H groups in total. The van der Waals surface area contributed by atoms with E-state index in [0.717, 1.165) is 24.1 Å². The number of nitrogens with one attached hydrogen (secondary N) is 2. The Bertz CT molecular complexity index is 808. The number of rotatable bonds is 9. The van der Waals surface area contributed by atoms with Crippen LogP contribution >= 0.6 is 0 Å². The molecule has 0 fully saturated rings. The van der Waals surface area contributed by atoms with Crippen molar-refractivity contribution in [1.82, 2.24) is 10.0 Å². The molecule has 0 radical (unpaired) electrons. The third kappa shape index (κ3) is 5.93. The van der Waals surface area contributed by atoms with Gasteiger partial charge in [-0.25, -0.2) is 17.5 Å². The highest BCUT2D eigenvalue weighted by Crippen LogP contribution is 2.17. The fraction of sp³-hybridized carbons (Fsp3) is 0.316.